The quantitative estimate of drug-likeness (QED) is 0.764. The van der Waals surface area contributed by atoms with Gasteiger partial charge in [0.15, 0.2) is 5.78 Å². The topological polar surface area (TPSA) is 78.1 Å². The third kappa shape index (κ3) is 4.94. The summed E-state index contributed by atoms with van der Waals surface area (Å²) >= 11 is 0. The third-order valence-corrected chi connectivity index (χ3v) is 3.73. The highest BCUT2D eigenvalue weighted by atomic mass is 16.2. The minimum absolute atomic E-state index is 0.0143. The number of hydrogen-bond donors (Lipinski definition) is 2. The first-order valence-electron chi connectivity index (χ1n) is 7.73. The van der Waals surface area contributed by atoms with Crippen molar-refractivity contribution >= 4 is 11.7 Å². The normalized spacial score (nSPS) is 14.4. The van der Waals surface area contributed by atoms with Gasteiger partial charge in [-0.15, -0.1) is 0 Å². The number of likely N-dealkylation sites (N-methyl/N-ethyl adjacent to an activating group) is 1. The molecular weight excluding hydrogens is 280 g/mol. The highest BCUT2D eigenvalue weighted by Crippen LogP contribution is 2.13. The van der Waals surface area contributed by atoms with Gasteiger partial charge in [-0.25, -0.2) is 4.98 Å². The van der Waals surface area contributed by atoms with E-state index in [-0.39, 0.29) is 29.6 Å². The molecule has 0 spiro atoms. The number of carbonyl (C=O) groups excluding carboxylic acids is 2. The molecule has 0 bridgehead atoms. The van der Waals surface area contributed by atoms with E-state index in [1.165, 1.54) is 6.92 Å². The van der Waals surface area contributed by atoms with Gasteiger partial charge in [-0.2, -0.15) is 0 Å². The van der Waals surface area contributed by atoms with E-state index < -0.39 is 6.04 Å². The number of Topliss-reactive ketones (excluding diaryl/α,β-unsaturated/α-hetero) is 1. The van der Waals surface area contributed by atoms with Gasteiger partial charge in [-0.1, -0.05) is 27.7 Å². The lowest BCUT2D eigenvalue weighted by Gasteiger charge is -2.31. The van der Waals surface area contributed by atoms with E-state index in [2.05, 4.69) is 15.3 Å². The van der Waals surface area contributed by atoms with Gasteiger partial charge in [0.2, 0.25) is 5.91 Å². The maximum atomic E-state index is 12.6. The molecule has 1 amide bonds. The molecule has 0 saturated carbocycles. The zero-order valence-corrected chi connectivity index (χ0v) is 14.4. The molecule has 22 heavy (non-hydrogen) atoms. The number of amides is 1. The molecule has 0 aliphatic heterocycles. The second-order valence-electron chi connectivity index (χ2n) is 6.48. The zero-order valence-electron chi connectivity index (χ0n) is 14.4. The molecule has 0 aliphatic rings. The van der Waals surface area contributed by atoms with Crippen LogP contribution in [0.2, 0.25) is 0 Å². The third-order valence-electron chi connectivity index (χ3n) is 3.73. The van der Waals surface area contributed by atoms with Crippen molar-refractivity contribution in [2.24, 2.45) is 11.8 Å². The summed E-state index contributed by atoms with van der Waals surface area (Å²) in [5.41, 5.74) is 0. The molecule has 0 aliphatic carbocycles. The van der Waals surface area contributed by atoms with E-state index in [1.54, 1.807) is 12.4 Å². The molecule has 6 heteroatoms. The second kappa shape index (κ2) is 8.08. The average molecular weight is 308 g/mol. The lowest BCUT2D eigenvalue weighted by Crippen LogP contribution is -2.53. The minimum atomic E-state index is -0.439. The lowest BCUT2D eigenvalue weighted by atomic mass is 9.97. The van der Waals surface area contributed by atoms with Crippen LogP contribution in [-0.2, 0) is 16.1 Å². The molecule has 1 aromatic heterocycles. The van der Waals surface area contributed by atoms with Crippen molar-refractivity contribution in [3.8, 4) is 0 Å². The number of hydrogen-bond acceptors (Lipinski definition) is 4. The number of H-pyrrole nitrogens is 1. The molecule has 0 unspecified atom stereocenters. The second-order valence-corrected chi connectivity index (χ2v) is 6.48. The number of nitrogens with one attached hydrogen (secondary N) is 2. The number of rotatable bonds is 8. The van der Waals surface area contributed by atoms with Crippen LogP contribution < -0.4 is 5.32 Å². The van der Waals surface area contributed by atoms with Gasteiger partial charge in [0, 0.05) is 12.4 Å². The predicted octanol–water partition coefficient (Wildman–Crippen LogP) is 1.60. The van der Waals surface area contributed by atoms with Crippen molar-refractivity contribution in [3.05, 3.63) is 18.2 Å². The summed E-state index contributed by atoms with van der Waals surface area (Å²) in [5, 5.41) is 2.90. The Morgan fingerprint density at radius 1 is 1.27 bits per heavy atom. The molecule has 0 fully saturated rings. The maximum Gasteiger partial charge on any atom is 0.238 e. The van der Waals surface area contributed by atoms with Crippen molar-refractivity contribution in [2.75, 3.05) is 7.05 Å². The van der Waals surface area contributed by atoms with Crippen LogP contribution in [0.4, 0.5) is 0 Å². The van der Waals surface area contributed by atoms with Crippen molar-refractivity contribution in [1.29, 1.82) is 0 Å². The molecule has 2 atom stereocenters. The summed E-state index contributed by atoms with van der Waals surface area (Å²) in [6.45, 7) is 9.94. The van der Waals surface area contributed by atoms with E-state index in [9.17, 15) is 9.59 Å². The molecule has 0 radical (unpaired) electrons. The van der Waals surface area contributed by atoms with E-state index >= 15 is 0 Å². The number of nitrogens with zero attached hydrogens (tertiary/aromatic N) is 2. The molecule has 0 aromatic carbocycles. The van der Waals surface area contributed by atoms with Crippen LogP contribution in [0.1, 0.15) is 40.4 Å². The Morgan fingerprint density at radius 2 is 1.91 bits per heavy atom. The van der Waals surface area contributed by atoms with Crippen molar-refractivity contribution in [1.82, 2.24) is 20.2 Å². The van der Waals surface area contributed by atoms with E-state index in [4.69, 9.17) is 0 Å². The summed E-state index contributed by atoms with van der Waals surface area (Å²) in [4.78, 5) is 33.5. The van der Waals surface area contributed by atoms with Gasteiger partial charge in [0.25, 0.3) is 0 Å². The minimum Gasteiger partial charge on any atom is -0.348 e. The van der Waals surface area contributed by atoms with Crippen molar-refractivity contribution < 1.29 is 9.59 Å². The molecular formula is C16H28N4O2. The van der Waals surface area contributed by atoms with Gasteiger partial charge in [0.05, 0.1) is 18.6 Å². The zero-order chi connectivity index (χ0) is 16.9. The standard InChI is InChI=1S/C16H28N4O2/c1-10(2)14(12(5)21)19-16(22)15(11(3)4)20(6)9-13-17-7-8-18-13/h7-8,10-11,14-15H,9H2,1-6H3,(H,17,18)(H,19,22)/t14-,15-/m0/s1. The Morgan fingerprint density at radius 3 is 2.32 bits per heavy atom. The van der Waals surface area contributed by atoms with E-state index in [1.807, 2.05) is 39.6 Å². The summed E-state index contributed by atoms with van der Waals surface area (Å²) in [6.07, 6.45) is 3.45. The van der Waals surface area contributed by atoms with E-state index in [0.717, 1.165) is 5.82 Å². The summed E-state index contributed by atoms with van der Waals surface area (Å²) in [5.74, 6) is 0.884. The van der Waals surface area contributed by atoms with Crippen LogP contribution in [0, 0.1) is 11.8 Å². The Bertz CT molecular complexity index is 482. The molecule has 1 aromatic rings. The highest BCUT2D eigenvalue weighted by molar-refractivity contribution is 5.89. The summed E-state index contributed by atoms with van der Waals surface area (Å²) in [7, 11) is 1.89. The molecule has 1 rings (SSSR count). The van der Waals surface area contributed by atoms with Crippen LogP contribution in [0.5, 0.6) is 0 Å². The van der Waals surface area contributed by atoms with Crippen LogP contribution in [-0.4, -0.2) is 45.7 Å². The fourth-order valence-corrected chi connectivity index (χ4v) is 2.71. The number of aromatic nitrogens is 2. The smallest absolute Gasteiger partial charge is 0.238 e. The van der Waals surface area contributed by atoms with E-state index in [0.29, 0.717) is 6.54 Å². The Balaban J connectivity index is 2.80. The lowest BCUT2D eigenvalue weighted by molar-refractivity contribution is -0.132. The summed E-state index contributed by atoms with van der Waals surface area (Å²) < 4.78 is 0. The van der Waals surface area contributed by atoms with Crippen LogP contribution in [0.15, 0.2) is 12.4 Å². The largest absolute Gasteiger partial charge is 0.348 e. The maximum absolute atomic E-state index is 12.6. The number of ketones is 1. The monoisotopic (exact) mass is 308 g/mol. The first-order valence-corrected chi connectivity index (χ1v) is 7.73. The fraction of sp³-hybridized carbons (Fsp3) is 0.688. The van der Waals surface area contributed by atoms with Crippen molar-refractivity contribution in [3.63, 3.8) is 0 Å². The van der Waals surface area contributed by atoms with Gasteiger partial charge in [0.1, 0.15) is 5.82 Å². The first-order chi connectivity index (χ1) is 10.2. The number of imidazole rings is 1. The Kier molecular flexibility index (Phi) is 6.74. The van der Waals surface area contributed by atoms with Crippen molar-refractivity contribution in [2.45, 2.75) is 53.2 Å². The number of aromatic amines is 1. The van der Waals surface area contributed by atoms with Crippen LogP contribution >= 0.6 is 0 Å². The van der Waals surface area contributed by atoms with Gasteiger partial charge >= 0.3 is 0 Å². The van der Waals surface area contributed by atoms with Crippen LogP contribution in [0.25, 0.3) is 0 Å². The molecule has 2 N–H and O–H groups in total. The van der Waals surface area contributed by atoms with Crippen LogP contribution in [0.3, 0.4) is 0 Å². The summed E-state index contributed by atoms with van der Waals surface area (Å²) in [6, 6.07) is -0.753. The molecule has 0 saturated heterocycles. The molecule has 124 valence electrons. The molecule has 1 heterocycles. The van der Waals surface area contributed by atoms with Gasteiger partial charge in [-0.3, -0.25) is 14.5 Å². The Hall–Kier alpha value is -1.69. The van der Waals surface area contributed by atoms with Gasteiger partial charge < -0.3 is 10.3 Å². The van der Waals surface area contributed by atoms with Gasteiger partial charge in [-0.05, 0) is 25.8 Å². The Labute approximate surface area is 132 Å². The molecule has 6 nitrogen and oxygen atoms in total. The highest BCUT2D eigenvalue weighted by Gasteiger charge is 2.30. The first kappa shape index (κ1) is 18.4. The SMILES string of the molecule is CC(=O)[C@@H](NC(=O)[C@H](C(C)C)N(C)Cc1ncc[nH]1)C(C)C. The average Bonchev–Trinajstić information content (AvgIpc) is 2.87. The fourth-order valence-electron chi connectivity index (χ4n) is 2.71. The number of carbonyl (C=O) groups is 2. The predicted molar refractivity (Wildman–Crippen MR) is 86.1 cm³/mol.